The van der Waals surface area contributed by atoms with Crippen LogP contribution in [0, 0.1) is 0 Å². The number of hydrogen-bond donors (Lipinski definition) is 0. The van der Waals surface area contributed by atoms with E-state index in [2.05, 4.69) is 11.8 Å². The summed E-state index contributed by atoms with van der Waals surface area (Å²) >= 11 is 7.17. The number of rotatable bonds is 3. The van der Waals surface area contributed by atoms with Gasteiger partial charge in [0, 0.05) is 18.8 Å². The number of unbranched alkanes of at least 4 members (excludes halogenated alkanes) is 1. The maximum absolute atomic E-state index is 5.32. The number of nitrogens with zero attached hydrogens (tertiary/aromatic N) is 1. The van der Waals surface area contributed by atoms with Gasteiger partial charge in [-0.25, -0.2) is 0 Å². The van der Waals surface area contributed by atoms with Crippen LogP contribution < -0.4 is 0 Å². The molecule has 70 valence electrons. The molecule has 1 nitrogen and oxygen atoms in total. The van der Waals surface area contributed by atoms with Gasteiger partial charge < -0.3 is 4.90 Å². The van der Waals surface area contributed by atoms with E-state index in [1.165, 1.54) is 44.5 Å². The Balaban J connectivity index is 2.10. The summed E-state index contributed by atoms with van der Waals surface area (Å²) < 4.78 is 1.13. The third-order valence-corrected chi connectivity index (χ3v) is 3.70. The Morgan fingerprint density at radius 1 is 1.42 bits per heavy atom. The van der Waals surface area contributed by atoms with Gasteiger partial charge in [-0.3, -0.25) is 0 Å². The van der Waals surface area contributed by atoms with Crippen molar-refractivity contribution in [3.8, 4) is 0 Å². The lowest BCUT2D eigenvalue weighted by Gasteiger charge is -2.17. The average Bonchev–Trinajstić information content (AvgIpc) is 2.56. The Hall–Kier alpha value is 0.240. The lowest BCUT2D eigenvalue weighted by Crippen LogP contribution is -2.23. The number of thiocarbonyl (C=S) groups is 1. The largest absolute Gasteiger partial charge is 0.358 e. The maximum atomic E-state index is 5.32. The first kappa shape index (κ1) is 10.3. The second-order valence-electron chi connectivity index (χ2n) is 3.16. The fourth-order valence-electron chi connectivity index (χ4n) is 1.29. The molecule has 0 aromatic heterocycles. The van der Waals surface area contributed by atoms with E-state index in [4.69, 9.17) is 12.2 Å². The fourth-order valence-corrected chi connectivity index (χ4v) is 2.70. The molecule has 12 heavy (non-hydrogen) atoms. The van der Waals surface area contributed by atoms with Crippen molar-refractivity contribution in [1.29, 1.82) is 0 Å². The van der Waals surface area contributed by atoms with Gasteiger partial charge in [0.15, 0.2) is 0 Å². The second-order valence-corrected chi connectivity index (χ2v) is 4.89. The zero-order valence-corrected chi connectivity index (χ0v) is 9.35. The van der Waals surface area contributed by atoms with Crippen molar-refractivity contribution in [2.75, 3.05) is 18.8 Å². The predicted molar refractivity (Wildman–Crippen MR) is 60.8 cm³/mol. The van der Waals surface area contributed by atoms with E-state index in [1.54, 1.807) is 0 Å². The molecule has 3 heteroatoms. The highest BCUT2D eigenvalue weighted by atomic mass is 32.2. The summed E-state index contributed by atoms with van der Waals surface area (Å²) in [6.07, 6.45) is 5.22. The molecule has 0 amide bonds. The molecule has 0 bridgehead atoms. The standard InChI is InChI=1S/C9H17NS2/c1-2-3-8-12-9(11)10-6-4-5-7-10/h2-8H2,1H3. The monoisotopic (exact) mass is 203 g/mol. The first-order valence-corrected chi connectivity index (χ1v) is 6.15. The van der Waals surface area contributed by atoms with E-state index in [0.717, 1.165) is 4.32 Å². The number of likely N-dealkylation sites (tertiary alicyclic amines) is 1. The van der Waals surface area contributed by atoms with Crippen molar-refractivity contribution in [3.63, 3.8) is 0 Å². The van der Waals surface area contributed by atoms with Crippen LogP contribution in [0.2, 0.25) is 0 Å². The van der Waals surface area contributed by atoms with Gasteiger partial charge in [0.05, 0.1) is 0 Å². The van der Waals surface area contributed by atoms with Crippen LogP contribution in [0.1, 0.15) is 32.6 Å². The molecule has 1 rings (SSSR count). The van der Waals surface area contributed by atoms with Crippen LogP contribution in [0.15, 0.2) is 0 Å². The van der Waals surface area contributed by atoms with E-state index < -0.39 is 0 Å². The minimum atomic E-state index is 1.13. The van der Waals surface area contributed by atoms with Gasteiger partial charge in [0.25, 0.3) is 0 Å². The molecule has 1 fully saturated rings. The minimum Gasteiger partial charge on any atom is -0.358 e. The molecular weight excluding hydrogens is 186 g/mol. The van der Waals surface area contributed by atoms with Crippen LogP contribution in [0.5, 0.6) is 0 Å². The fraction of sp³-hybridized carbons (Fsp3) is 0.889. The average molecular weight is 203 g/mol. The summed E-state index contributed by atoms with van der Waals surface area (Å²) in [5, 5.41) is 0. The van der Waals surface area contributed by atoms with Gasteiger partial charge in [-0.1, -0.05) is 37.3 Å². The topological polar surface area (TPSA) is 3.24 Å². The van der Waals surface area contributed by atoms with Crippen molar-refractivity contribution < 1.29 is 0 Å². The van der Waals surface area contributed by atoms with E-state index >= 15 is 0 Å². The first-order chi connectivity index (χ1) is 5.84. The van der Waals surface area contributed by atoms with E-state index in [0.29, 0.717) is 0 Å². The van der Waals surface area contributed by atoms with E-state index in [9.17, 15) is 0 Å². The van der Waals surface area contributed by atoms with Gasteiger partial charge in [0.1, 0.15) is 4.32 Å². The molecule has 0 radical (unpaired) electrons. The molecule has 0 saturated carbocycles. The Morgan fingerprint density at radius 3 is 2.67 bits per heavy atom. The normalized spacial score (nSPS) is 16.9. The van der Waals surface area contributed by atoms with Gasteiger partial charge >= 0.3 is 0 Å². The zero-order valence-electron chi connectivity index (χ0n) is 7.71. The molecular formula is C9H17NS2. The van der Waals surface area contributed by atoms with Gasteiger partial charge in [-0.05, 0) is 19.3 Å². The predicted octanol–water partition coefficient (Wildman–Crippen LogP) is 2.90. The highest BCUT2D eigenvalue weighted by molar-refractivity contribution is 8.22. The van der Waals surface area contributed by atoms with E-state index in [1.807, 2.05) is 11.8 Å². The Labute approximate surface area is 84.9 Å². The Morgan fingerprint density at radius 2 is 2.08 bits per heavy atom. The molecule has 0 aliphatic carbocycles. The highest BCUT2D eigenvalue weighted by Gasteiger charge is 2.14. The van der Waals surface area contributed by atoms with Crippen LogP contribution in [0.3, 0.4) is 0 Å². The van der Waals surface area contributed by atoms with Gasteiger partial charge in [-0.15, -0.1) is 0 Å². The third-order valence-electron chi connectivity index (χ3n) is 2.09. The quantitative estimate of drug-likeness (QED) is 0.513. The minimum absolute atomic E-state index is 1.13. The molecule has 1 aliphatic heterocycles. The van der Waals surface area contributed by atoms with Crippen molar-refractivity contribution in [1.82, 2.24) is 4.90 Å². The molecule has 1 aliphatic rings. The third kappa shape index (κ3) is 3.31. The van der Waals surface area contributed by atoms with Crippen molar-refractivity contribution in [2.45, 2.75) is 32.6 Å². The highest BCUT2D eigenvalue weighted by Crippen LogP contribution is 2.16. The SMILES string of the molecule is CCCCSC(=S)N1CCCC1. The van der Waals surface area contributed by atoms with Crippen LogP contribution in [0.25, 0.3) is 0 Å². The molecule has 0 aromatic carbocycles. The summed E-state index contributed by atoms with van der Waals surface area (Å²) in [5.74, 6) is 1.20. The van der Waals surface area contributed by atoms with Crippen molar-refractivity contribution in [3.05, 3.63) is 0 Å². The molecule has 0 unspecified atom stereocenters. The van der Waals surface area contributed by atoms with Gasteiger partial charge in [0.2, 0.25) is 0 Å². The van der Waals surface area contributed by atoms with Crippen molar-refractivity contribution >= 4 is 28.3 Å². The second kappa shape index (κ2) is 5.81. The lowest BCUT2D eigenvalue weighted by atomic mass is 10.4. The van der Waals surface area contributed by atoms with Crippen molar-refractivity contribution in [2.24, 2.45) is 0 Å². The van der Waals surface area contributed by atoms with E-state index in [-0.39, 0.29) is 0 Å². The molecule has 1 heterocycles. The van der Waals surface area contributed by atoms with Crippen LogP contribution in [-0.2, 0) is 0 Å². The lowest BCUT2D eigenvalue weighted by molar-refractivity contribution is 0.539. The summed E-state index contributed by atoms with van der Waals surface area (Å²) in [5.41, 5.74) is 0. The summed E-state index contributed by atoms with van der Waals surface area (Å²) in [6, 6.07) is 0. The van der Waals surface area contributed by atoms with Crippen LogP contribution in [0.4, 0.5) is 0 Å². The molecule has 0 spiro atoms. The smallest absolute Gasteiger partial charge is 0.136 e. The number of thioether (sulfide) groups is 1. The van der Waals surface area contributed by atoms with Crippen LogP contribution in [-0.4, -0.2) is 28.1 Å². The Kier molecular flexibility index (Phi) is 5.00. The maximum Gasteiger partial charge on any atom is 0.136 e. The molecule has 0 N–H and O–H groups in total. The summed E-state index contributed by atoms with van der Waals surface area (Å²) in [6.45, 7) is 4.61. The molecule has 0 atom stereocenters. The zero-order chi connectivity index (χ0) is 8.81. The molecule has 1 saturated heterocycles. The molecule has 0 aromatic rings. The number of hydrogen-bond acceptors (Lipinski definition) is 2. The van der Waals surface area contributed by atoms with Crippen LogP contribution >= 0.6 is 24.0 Å². The summed E-state index contributed by atoms with van der Waals surface area (Å²) in [7, 11) is 0. The van der Waals surface area contributed by atoms with Gasteiger partial charge in [-0.2, -0.15) is 0 Å². The summed E-state index contributed by atoms with van der Waals surface area (Å²) in [4.78, 5) is 2.34. The Bertz CT molecular complexity index is 141. The first-order valence-electron chi connectivity index (χ1n) is 4.76.